The quantitative estimate of drug-likeness (QED) is 0.134. The fourth-order valence-corrected chi connectivity index (χ4v) is 6.08. The Bertz CT molecular complexity index is 1460. The molecule has 41 heavy (non-hydrogen) atoms. The average molecular weight is 734 g/mol. The molecule has 3 aromatic heterocycles. The van der Waals surface area contributed by atoms with Crippen LogP contribution in [0.3, 0.4) is 0 Å². The number of hydrogen-bond acceptors (Lipinski definition) is 3. The predicted molar refractivity (Wildman–Crippen MR) is 171 cm³/mol. The van der Waals surface area contributed by atoms with E-state index in [2.05, 4.69) is 99.9 Å². The summed E-state index contributed by atoms with van der Waals surface area (Å²) in [7, 11) is -1.43. The monoisotopic (exact) mass is 734 g/mol. The molecule has 1 unspecified atom stereocenters. The van der Waals surface area contributed by atoms with Crippen molar-refractivity contribution >= 4 is 13.3 Å². The standard InChI is InChI=1S/C19H27N2Si.C17H12N.Ir/c1-14(19(2,3)4)16-11-17(15-9-8-10-20-12-15)21-13-18(16)22(5,6)7;1-3-7-14(8-4-1)16-11-12-18-17(13-16)15-9-5-2-6-10-15;/h8,10-14H,1-7H3;1-9,11-13H;/q2*-1;. The summed E-state index contributed by atoms with van der Waals surface area (Å²) in [6.07, 6.45) is 7.53. The minimum absolute atomic E-state index is 0. The Kier molecular flexibility index (Phi) is 11.1. The van der Waals surface area contributed by atoms with E-state index in [0.29, 0.717) is 5.92 Å². The summed E-state index contributed by atoms with van der Waals surface area (Å²) in [6, 6.07) is 32.9. The van der Waals surface area contributed by atoms with Gasteiger partial charge in [-0.15, -0.1) is 53.6 Å². The summed E-state index contributed by atoms with van der Waals surface area (Å²) in [5, 5.41) is 1.46. The van der Waals surface area contributed by atoms with Crippen molar-refractivity contribution < 1.29 is 20.1 Å². The molecule has 0 bridgehead atoms. The molecule has 5 aromatic rings. The number of rotatable bonds is 5. The molecule has 1 atom stereocenters. The predicted octanol–water partition coefficient (Wildman–Crippen LogP) is 8.85. The van der Waals surface area contributed by atoms with E-state index in [1.54, 1.807) is 6.20 Å². The first-order chi connectivity index (χ1) is 19.0. The molecule has 0 aliphatic rings. The Hall–Kier alpha value is -3.24. The first-order valence-electron chi connectivity index (χ1n) is 13.8. The number of benzene rings is 2. The Balaban J connectivity index is 0.000000224. The SMILES string of the molecule is CC(c1cc(-c2[c-]ccnc2)ncc1[Si](C)(C)C)C(C)(C)C.[Ir].[c-]1ccccc1-c1cc(-c2ccccc2)ccn1. The van der Waals surface area contributed by atoms with Gasteiger partial charge in [0.25, 0.3) is 0 Å². The third kappa shape index (κ3) is 8.62. The van der Waals surface area contributed by atoms with Crippen molar-refractivity contribution in [3.63, 3.8) is 0 Å². The topological polar surface area (TPSA) is 38.7 Å². The normalized spacial score (nSPS) is 12.0. The van der Waals surface area contributed by atoms with E-state index in [1.807, 2.05) is 67.0 Å². The zero-order valence-corrected chi connectivity index (χ0v) is 28.5. The van der Waals surface area contributed by atoms with Crippen LogP contribution in [0.15, 0.2) is 104 Å². The molecule has 3 nitrogen and oxygen atoms in total. The molecule has 2 aromatic carbocycles. The van der Waals surface area contributed by atoms with Crippen molar-refractivity contribution in [2.24, 2.45) is 5.41 Å². The van der Waals surface area contributed by atoms with Crippen molar-refractivity contribution in [1.82, 2.24) is 15.0 Å². The van der Waals surface area contributed by atoms with Crippen molar-refractivity contribution in [3.8, 4) is 33.6 Å². The molecule has 0 amide bonds. The summed E-state index contributed by atoms with van der Waals surface area (Å²) in [6.45, 7) is 16.4. The largest absolute Gasteiger partial charge is 0.360 e. The molecule has 3 heterocycles. The van der Waals surface area contributed by atoms with Crippen LogP contribution < -0.4 is 5.19 Å². The summed E-state index contributed by atoms with van der Waals surface area (Å²) in [5.74, 6) is 0.479. The summed E-state index contributed by atoms with van der Waals surface area (Å²) in [4.78, 5) is 13.3. The van der Waals surface area contributed by atoms with Gasteiger partial charge in [0.2, 0.25) is 0 Å². The summed E-state index contributed by atoms with van der Waals surface area (Å²) < 4.78 is 0. The van der Waals surface area contributed by atoms with Crippen LogP contribution in [0.25, 0.3) is 33.6 Å². The van der Waals surface area contributed by atoms with E-state index in [0.717, 1.165) is 22.5 Å². The Morgan fingerprint density at radius 1 is 0.707 bits per heavy atom. The second-order valence-corrected chi connectivity index (χ2v) is 17.3. The van der Waals surface area contributed by atoms with Gasteiger partial charge in [-0.05, 0) is 45.1 Å². The smallest absolute Gasteiger partial charge is 0.0799 e. The van der Waals surface area contributed by atoms with E-state index in [4.69, 9.17) is 4.98 Å². The molecule has 5 rings (SSSR count). The molecular weight excluding hydrogens is 695 g/mol. The first kappa shape index (κ1) is 32.3. The van der Waals surface area contributed by atoms with Crippen LogP contribution in [0.5, 0.6) is 0 Å². The molecular formula is C36H39IrN3Si-2. The molecule has 0 aliphatic carbocycles. The van der Waals surface area contributed by atoms with Crippen molar-refractivity contribution in [2.45, 2.75) is 53.3 Å². The molecule has 0 N–H and O–H groups in total. The molecule has 5 heteroatoms. The molecule has 0 saturated carbocycles. The maximum absolute atomic E-state index is 4.70. The van der Waals surface area contributed by atoms with E-state index in [1.165, 1.54) is 21.9 Å². The van der Waals surface area contributed by atoms with Gasteiger partial charge in [-0.3, -0.25) is 0 Å². The van der Waals surface area contributed by atoms with Crippen molar-refractivity contribution in [2.75, 3.05) is 0 Å². The van der Waals surface area contributed by atoms with Crippen molar-refractivity contribution in [3.05, 3.63) is 121 Å². The maximum atomic E-state index is 4.70. The molecule has 0 saturated heterocycles. The fourth-order valence-electron chi connectivity index (χ4n) is 4.48. The van der Waals surface area contributed by atoms with Crippen LogP contribution in [0, 0.1) is 17.5 Å². The van der Waals surface area contributed by atoms with Crippen LogP contribution >= 0.6 is 0 Å². The summed E-state index contributed by atoms with van der Waals surface area (Å²) >= 11 is 0. The molecule has 1 radical (unpaired) electrons. The Morgan fingerprint density at radius 2 is 1.39 bits per heavy atom. The minimum Gasteiger partial charge on any atom is -0.360 e. The Labute approximate surface area is 260 Å². The van der Waals surface area contributed by atoms with Crippen molar-refractivity contribution in [1.29, 1.82) is 0 Å². The van der Waals surface area contributed by atoms with Gasteiger partial charge in [0, 0.05) is 32.5 Å². The second kappa shape index (κ2) is 14.1. The first-order valence-corrected chi connectivity index (χ1v) is 17.3. The van der Waals surface area contributed by atoms with Gasteiger partial charge in [-0.25, -0.2) is 0 Å². The average Bonchev–Trinajstić information content (AvgIpc) is 2.97. The molecule has 213 valence electrons. The zero-order chi connectivity index (χ0) is 28.8. The van der Waals surface area contributed by atoms with Gasteiger partial charge in [-0.2, -0.15) is 0 Å². The minimum atomic E-state index is -1.43. The number of aromatic nitrogens is 3. The van der Waals surface area contributed by atoms with E-state index >= 15 is 0 Å². The second-order valence-electron chi connectivity index (χ2n) is 12.2. The van der Waals surface area contributed by atoms with Crippen LogP contribution in [-0.4, -0.2) is 23.0 Å². The van der Waals surface area contributed by atoms with Crippen LogP contribution in [0.1, 0.15) is 39.2 Å². The van der Waals surface area contributed by atoms with Gasteiger partial charge in [-0.1, -0.05) is 108 Å². The van der Waals surface area contributed by atoms with E-state index in [9.17, 15) is 0 Å². The number of pyridine rings is 3. The maximum Gasteiger partial charge on any atom is 0.0799 e. The molecule has 0 spiro atoms. The van der Waals surface area contributed by atoms with E-state index in [-0.39, 0.29) is 25.5 Å². The third-order valence-electron chi connectivity index (χ3n) is 7.24. The van der Waals surface area contributed by atoms with Crippen LogP contribution in [0.4, 0.5) is 0 Å². The van der Waals surface area contributed by atoms with Gasteiger partial charge < -0.3 is 15.0 Å². The van der Waals surface area contributed by atoms with E-state index < -0.39 is 8.07 Å². The number of hydrogen-bond donors (Lipinski definition) is 0. The van der Waals surface area contributed by atoms with Gasteiger partial charge >= 0.3 is 0 Å². The zero-order valence-electron chi connectivity index (χ0n) is 25.1. The van der Waals surface area contributed by atoms with Gasteiger partial charge in [0.15, 0.2) is 0 Å². The van der Waals surface area contributed by atoms with Gasteiger partial charge in [0.1, 0.15) is 0 Å². The fraction of sp³-hybridized carbons (Fsp3) is 0.250. The summed E-state index contributed by atoms with van der Waals surface area (Å²) in [5.41, 5.74) is 7.97. The molecule has 0 fully saturated rings. The third-order valence-corrected chi connectivity index (χ3v) is 9.27. The van der Waals surface area contributed by atoms with Gasteiger partial charge in [0.05, 0.1) is 8.07 Å². The Morgan fingerprint density at radius 3 is 2.00 bits per heavy atom. The number of nitrogens with zero attached hydrogens (tertiary/aromatic N) is 3. The molecule has 0 aliphatic heterocycles. The van der Waals surface area contributed by atoms with Crippen LogP contribution in [-0.2, 0) is 20.1 Å². The van der Waals surface area contributed by atoms with Crippen LogP contribution in [0.2, 0.25) is 19.6 Å².